The lowest BCUT2D eigenvalue weighted by Crippen LogP contribution is -2.35. The summed E-state index contributed by atoms with van der Waals surface area (Å²) in [5, 5.41) is 17.6. The number of hydrogen-bond acceptors (Lipinski definition) is 4. The summed E-state index contributed by atoms with van der Waals surface area (Å²) in [6, 6.07) is 2.79. The van der Waals surface area contributed by atoms with Gasteiger partial charge in [0.15, 0.2) is 5.76 Å². The van der Waals surface area contributed by atoms with Crippen LogP contribution in [0.3, 0.4) is 0 Å². The van der Waals surface area contributed by atoms with Crippen LogP contribution < -0.4 is 0 Å². The molecule has 1 unspecified atom stereocenters. The number of carbonyl (C=O) groups excluding carboxylic acids is 1. The lowest BCUT2D eigenvalue weighted by Gasteiger charge is -2.23. The van der Waals surface area contributed by atoms with Gasteiger partial charge < -0.3 is 19.5 Å². The van der Waals surface area contributed by atoms with E-state index in [9.17, 15) is 9.59 Å². The number of hydrogen-bond donors (Lipinski definition) is 2. The first kappa shape index (κ1) is 13.6. The lowest BCUT2D eigenvalue weighted by molar-refractivity contribution is 0.0643. The number of aromatic carboxylic acids is 1. The molecule has 0 aliphatic carbocycles. The van der Waals surface area contributed by atoms with Crippen molar-refractivity contribution in [3.8, 4) is 0 Å². The molecule has 0 spiro atoms. The van der Waals surface area contributed by atoms with E-state index >= 15 is 0 Å². The molecule has 0 radical (unpaired) electrons. The maximum Gasteiger partial charge on any atom is 0.371 e. The Bertz CT molecular complexity index is 467. The molecule has 1 aliphatic heterocycles. The molecule has 1 amide bonds. The molecule has 0 aromatic carbocycles. The van der Waals surface area contributed by atoms with Crippen LogP contribution in [0.5, 0.6) is 0 Å². The zero-order valence-corrected chi connectivity index (χ0v) is 10.5. The van der Waals surface area contributed by atoms with Gasteiger partial charge in [0, 0.05) is 19.2 Å². The Labute approximate surface area is 110 Å². The van der Waals surface area contributed by atoms with E-state index in [4.69, 9.17) is 14.6 Å². The summed E-state index contributed by atoms with van der Waals surface area (Å²) < 4.78 is 5.03. The average molecular weight is 267 g/mol. The third kappa shape index (κ3) is 2.96. The molecule has 2 rings (SSSR count). The van der Waals surface area contributed by atoms with Gasteiger partial charge in [-0.25, -0.2) is 4.79 Å². The Balaban J connectivity index is 2.07. The summed E-state index contributed by atoms with van der Waals surface area (Å²) in [5.74, 6) is -1.62. The Kier molecular flexibility index (Phi) is 4.21. The molecule has 1 fully saturated rings. The molecule has 0 bridgehead atoms. The minimum absolute atomic E-state index is 0.0632. The van der Waals surface area contributed by atoms with E-state index in [-0.39, 0.29) is 30.1 Å². The molecule has 1 aromatic heterocycles. The zero-order chi connectivity index (χ0) is 13.8. The van der Waals surface area contributed by atoms with Crippen molar-refractivity contribution in [2.45, 2.75) is 31.7 Å². The van der Waals surface area contributed by atoms with Gasteiger partial charge in [0.25, 0.3) is 5.91 Å². The predicted molar refractivity (Wildman–Crippen MR) is 66.0 cm³/mol. The second kappa shape index (κ2) is 5.88. The fourth-order valence-electron chi connectivity index (χ4n) is 2.44. The summed E-state index contributed by atoms with van der Waals surface area (Å²) in [7, 11) is 0. The number of likely N-dealkylation sites (tertiary alicyclic amines) is 1. The lowest BCUT2D eigenvalue weighted by atomic mass is 10.1. The van der Waals surface area contributed by atoms with E-state index in [1.54, 1.807) is 4.90 Å². The SMILES string of the molecule is O=C(O)c1ccc(C(=O)N2CCCC2CCCO)o1. The van der Waals surface area contributed by atoms with Gasteiger partial charge in [0.2, 0.25) is 5.76 Å². The van der Waals surface area contributed by atoms with E-state index in [2.05, 4.69) is 0 Å². The molecule has 1 atom stereocenters. The third-order valence-corrected chi connectivity index (χ3v) is 3.36. The molecule has 2 heterocycles. The normalized spacial score (nSPS) is 18.8. The Hall–Kier alpha value is -1.82. The molecule has 104 valence electrons. The molecule has 6 heteroatoms. The molecular weight excluding hydrogens is 250 g/mol. The molecule has 19 heavy (non-hydrogen) atoms. The van der Waals surface area contributed by atoms with Crippen molar-refractivity contribution >= 4 is 11.9 Å². The van der Waals surface area contributed by atoms with Gasteiger partial charge in [-0.05, 0) is 37.8 Å². The number of nitrogens with zero attached hydrogens (tertiary/aromatic N) is 1. The van der Waals surface area contributed by atoms with Crippen LogP contribution in [0.25, 0.3) is 0 Å². The highest BCUT2D eigenvalue weighted by Gasteiger charge is 2.30. The second-order valence-electron chi connectivity index (χ2n) is 4.63. The molecule has 1 aromatic rings. The quantitative estimate of drug-likeness (QED) is 0.840. The Morgan fingerprint density at radius 2 is 2.11 bits per heavy atom. The van der Waals surface area contributed by atoms with Crippen molar-refractivity contribution < 1.29 is 24.2 Å². The van der Waals surface area contributed by atoms with Gasteiger partial charge >= 0.3 is 5.97 Å². The number of furan rings is 1. The minimum Gasteiger partial charge on any atom is -0.475 e. The molecule has 1 saturated heterocycles. The Morgan fingerprint density at radius 3 is 2.74 bits per heavy atom. The number of carboxylic acid groups (broad SMARTS) is 1. The van der Waals surface area contributed by atoms with Crippen LogP contribution in [0.4, 0.5) is 0 Å². The fraction of sp³-hybridized carbons (Fsp3) is 0.538. The van der Waals surface area contributed by atoms with Crippen molar-refractivity contribution in [2.75, 3.05) is 13.2 Å². The summed E-state index contributed by atoms with van der Waals surface area (Å²) in [6.07, 6.45) is 3.26. The highest BCUT2D eigenvalue weighted by atomic mass is 16.4. The van der Waals surface area contributed by atoms with E-state index in [0.717, 1.165) is 19.3 Å². The second-order valence-corrected chi connectivity index (χ2v) is 4.63. The fourth-order valence-corrected chi connectivity index (χ4v) is 2.44. The van der Waals surface area contributed by atoms with Crippen LogP contribution in [-0.4, -0.2) is 46.2 Å². The molecule has 1 aliphatic rings. The summed E-state index contributed by atoms with van der Waals surface area (Å²) in [6.45, 7) is 0.764. The monoisotopic (exact) mass is 267 g/mol. The van der Waals surface area contributed by atoms with Crippen LogP contribution in [-0.2, 0) is 0 Å². The largest absolute Gasteiger partial charge is 0.475 e. The van der Waals surface area contributed by atoms with Crippen molar-refractivity contribution in [3.05, 3.63) is 23.7 Å². The zero-order valence-electron chi connectivity index (χ0n) is 10.5. The first-order valence-corrected chi connectivity index (χ1v) is 6.38. The minimum atomic E-state index is -1.18. The van der Waals surface area contributed by atoms with E-state index < -0.39 is 5.97 Å². The Morgan fingerprint density at radius 1 is 1.37 bits per heavy atom. The van der Waals surface area contributed by atoms with Crippen molar-refractivity contribution in [2.24, 2.45) is 0 Å². The molecule has 0 saturated carbocycles. The first-order chi connectivity index (χ1) is 9.13. The standard InChI is InChI=1S/C13H17NO5/c15-8-2-4-9-3-1-7-14(9)12(16)10-5-6-11(19-10)13(17)18/h5-6,9,15H,1-4,7-8H2,(H,17,18). The van der Waals surface area contributed by atoms with Gasteiger partial charge in [-0.15, -0.1) is 0 Å². The van der Waals surface area contributed by atoms with E-state index in [0.29, 0.717) is 13.0 Å². The first-order valence-electron chi connectivity index (χ1n) is 6.38. The van der Waals surface area contributed by atoms with Crippen LogP contribution in [0.15, 0.2) is 16.5 Å². The molecule has 6 nitrogen and oxygen atoms in total. The summed E-state index contributed by atoms with van der Waals surface area (Å²) >= 11 is 0. The van der Waals surface area contributed by atoms with Gasteiger partial charge in [0.1, 0.15) is 0 Å². The van der Waals surface area contributed by atoms with Crippen molar-refractivity contribution in [1.29, 1.82) is 0 Å². The van der Waals surface area contributed by atoms with Gasteiger partial charge in [-0.1, -0.05) is 0 Å². The van der Waals surface area contributed by atoms with Gasteiger partial charge in [0.05, 0.1) is 0 Å². The summed E-state index contributed by atoms with van der Waals surface area (Å²) in [4.78, 5) is 24.7. The van der Waals surface area contributed by atoms with Crippen LogP contribution in [0.1, 0.15) is 46.8 Å². The van der Waals surface area contributed by atoms with E-state index in [1.165, 1.54) is 12.1 Å². The van der Waals surface area contributed by atoms with Crippen molar-refractivity contribution in [3.63, 3.8) is 0 Å². The third-order valence-electron chi connectivity index (χ3n) is 3.36. The number of rotatable bonds is 5. The van der Waals surface area contributed by atoms with Crippen LogP contribution >= 0.6 is 0 Å². The van der Waals surface area contributed by atoms with Gasteiger partial charge in [-0.3, -0.25) is 4.79 Å². The maximum absolute atomic E-state index is 12.2. The van der Waals surface area contributed by atoms with Gasteiger partial charge in [-0.2, -0.15) is 0 Å². The highest BCUT2D eigenvalue weighted by Crippen LogP contribution is 2.24. The predicted octanol–water partition coefficient (Wildman–Crippen LogP) is 1.35. The van der Waals surface area contributed by atoms with E-state index in [1.807, 2.05) is 0 Å². The number of aliphatic hydroxyl groups is 1. The average Bonchev–Trinajstić information content (AvgIpc) is 3.04. The smallest absolute Gasteiger partial charge is 0.371 e. The molecular formula is C13H17NO5. The molecule has 2 N–H and O–H groups in total. The van der Waals surface area contributed by atoms with Crippen LogP contribution in [0.2, 0.25) is 0 Å². The summed E-state index contributed by atoms with van der Waals surface area (Å²) in [5.41, 5.74) is 0. The number of aliphatic hydroxyl groups excluding tert-OH is 1. The van der Waals surface area contributed by atoms with Crippen LogP contribution in [0, 0.1) is 0 Å². The van der Waals surface area contributed by atoms with Crippen molar-refractivity contribution in [1.82, 2.24) is 4.90 Å². The maximum atomic E-state index is 12.2. The number of carbonyl (C=O) groups is 2. The number of amides is 1. The number of carboxylic acids is 1. The highest BCUT2D eigenvalue weighted by molar-refractivity contribution is 5.93. The topological polar surface area (TPSA) is 91.0 Å².